The van der Waals surface area contributed by atoms with Crippen LogP contribution in [-0.2, 0) is 11.3 Å². The first-order valence-electron chi connectivity index (χ1n) is 10.9. The van der Waals surface area contributed by atoms with E-state index in [1.54, 1.807) is 39.9 Å². The molecule has 0 saturated carbocycles. The molecular weight excluding hydrogens is 424 g/mol. The van der Waals surface area contributed by atoms with Crippen LogP contribution in [0.5, 0.6) is 0 Å². The van der Waals surface area contributed by atoms with Gasteiger partial charge in [-0.2, -0.15) is 5.10 Å². The van der Waals surface area contributed by atoms with E-state index in [0.717, 1.165) is 11.4 Å². The maximum atomic E-state index is 12.9. The highest BCUT2D eigenvalue weighted by Crippen LogP contribution is 2.21. The second-order valence-electron chi connectivity index (χ2n) is 8.35. The van der Waals surface area contributed by atoms with Gasteiger partial charge in [-0.15, -0.1) is 5.10 Å². The fraction of sp³-hybridized carbons (Fsp3) is 0.348. The first-order chi connectivity index (χ1) is 15.9. The number of nitrogens with zero attached hydrogens (tertiary/aromatic N) is 6. The number of likely N-dealkylation sites (tertiary alicyclic amines) is 1. The van der Waals surface area contributed by atoms with E-state index in [2.05, 4.69) is 10.2 Å². The third-order valence-electron chi connectivity index (χ3n) is 6.07. The van der Waals surface area contributed by atoms with E-state index in [-0.39, 0.29) is 24.1 Å². The van der Waals surface area contributed by atoms with Gasteiger partial charge < -0.3 is 9.32 Å². The van der Waals surface area contributed by atoms with Gasteiger partial charge >= 0.3 is 5.76 Å². The molecule has 4 heterocycles. The summed E-state index contributed by atoms with van der Waals surface area (Å²) in [6.07, 6.45) is 1.19. The summed E-state index contributed by atoms with van der Waals surface area (Å²) in [6.45, 7) is 4.73. The van der Waals surface area contributed by atoms with E-state index in [4.69, 9.17) is 4.42 Å². The highest BCUT2D eigenvalue weighted by molar-refractivity contribution is 5.79. The quantitative estimate of drug-likeness (QED) is 0.471. The smallest absolute Gasteiger partial charge is 0.408 e. The topological polar surface area (TPSA) is 108 Å². The second-order valence-corrected chi connectivity index (χ2v) is 8.35. The van der Waals surface area contributed by atoms with Gasteiger partial charge in [-0.25, -0.2) is 14.2 Å². The third kappa shape index (κ3) is 3.88. The van der Waals surface area contributed by atoms with Gasteiger partial charge in [0.05, 0.1) is 17.3 Å². The van der Waals surface area contributed by atoms with Crippen LogP contribution in [0.1, 0.15) is 30.3 Å². The summed E-state index contributed by atoms with van der Waals surface area (Å²) in [6, 6.07) is 12.1. The lowest BCUT2D eigenvalue weighted by molar-refractivity contribution is -0.133. The van der Waals surface area contributed by atoms with Gasteiger partial charge in [-0.05, 0) is 51.0 Å². The van der Waals surface area contributed by atoms with Gasteiger partial charge in [-0.1, -0.05) is 12.1 Å². The van der Waals surface area contributed by atoms with E-state index in [0.29, 0.717) is 42.8 Å². The van der Waals surface area contributed by atoms with E-state index in [9.17, 15) is 14.4 Å². The van der Waals surface area contributed by atoms with Gasteiger partial charge in [0.1, 0.15) is 6.54 Å². The number of hydrogen-bond donors (Lipinski definition) is 0. The lowest BCUT2D eigenvalue weighted by Crippen LogP contribution is -2.43. The van der Waals surface area contributed by atoms with Crippen molar-refractivity contribution in [2.75, 3.05) is 13.1 Å². The first kappa shape index (κ1) is 20.9. The number of oxazole rings is 1. The van der Waals surface area contributed by atoms with Crippen LogP contribution >= 0.6 is 0 Å². The van der Waals surface area contributed by atoms with E-state index in [1.165, 1.54) is 15.3 Å². The first-order valence-corrected chi connectivity index (χ1v) is 10.9. The summed E-state index contributed by atoms with van der Waals surface area (Å²) in [5.74, 6) is -0.111. The Kier molecular flexibility index (Phi) is 5.20. The lowest BCUT2D eigenvalue weighted by atomic mass is 10.1. The molecule has 0 atom stereocenters. The van der Waals surface area contributed by atoms with Crippen molar-refractivity contribution in [3.63, 3.8) is 0 Å². The summed E-state index contributed by atoms with van der Waals surface area (Å²) in [7, 11) is 0. The Hall–Kier alpha value is -3.95. The Bertz CT molecular complexity index is 1450. The molecule has 33 heavy (non-hydrogen) atoms. The molecule has 0 aliphatic carbocycles. The van der Waals surface area contributed by atoms with Crippen LogP contribution in [-0.4, -0.2) is 48.0 Å². The van der Waals surface area contributed by atoms with E-state index >= 15 is 0 Å². The van der Waals surface area contributed by atoms with Gasteiger partial charge in [0.2, 0.25) is 5.91 Å². The number of fused-ring (bicyclic) bond motifs is 1. The normalized spacial score (nSPS) is 14.8. The van der Waals surface area contributed by atoms with Crippen molar-refractivity contribution in [3.05, 3.63) is 74.8 Å². The number of benzene rings is 1. The van der Waals surface area contributed by atoms with Crippen LogP contribution < -0.4 is 11.3 Å². The number of aryl methyl sites for hydroxylation is 2. The Morgan fingerprint density at radius 2 is 1.82 bits per heavy atom. The monoisotopic (exact) mass is 448 g/mol. The molecule has 1 aromatic carbocycles. The third-order valence-corrected chi connectivity index (χ3v) is 6.07. The van der Waals surface area contributed by atoms with Crippen molar-refractivity contribution in [2.45, 2.75) is 39.3 Å². The molecule has 1 aliphatic rings. The van der Waals surface area contributed by atoms with Gasteiger partial charge in [-0.3, -0.25) is 14.2 Å². The molecule has 10 heteroatoms. The Morgan fingerprint density at radius 3 is 2.55 bits per heavy atom. The van der Waals surface area contributed by atoms with Crippen molar-refractivity contribution >= 4 is 17.0 Å². The highest BCUT2D eigenvalue weighted by atomic mass is 16.4. The van der Waals surface area contributed by atoms with Crippen molar-refractivity contribution in [1.29, 1.82) is 0 Å². The zero-order valence-electron chi connectivity index (χ0n) is 18.5. The van der Waals surface area contributed by atoms with Crippen LogP contribution in [0.3, 0.4) is 0 Å². The molecule has 1 saturated heterocycles. The number of amides is 1. The highest BCUT2D eigenvalue weighted by Gasteiger charge is 2.26. The molecule has 3 aromatic heterocycles. The molecule has 1 aliphatic heterocycles. The molecule has 1 amide bonds. The van der Waals surface area contributed by atoms with Crippen molar-refractivity contribution in [2.24, 2.45) is 0 Å². The predicted octanol–water partition coefficient (Wildman–Crippen LogP) is 1.82. The maximum Gasteiger partial charge on any atom is 0.420 e. The molecule has 0 radical (unpaired) electrons. The van der Waals surface area contributed by atoms with Crippen LogP contribution in [0.25, 0.3) is 16.9 Å². The molecule has 0 bridgehead atoms. The predicted molar refractivity (Wildman–Crippen MR) is 120 cm³/mol. The van der Waals surface area contributed by atoms with Crippen LogP contribution in [0, 0.1) is 13.8 Å². The molecule has 10 nitrogen and oxygen atoms in total. The zero-order valence-corrected chi connectivity index (χ0v) is 18.5. The lowest BCUT2D eigenvalue weighted by Gasteiger charge is -2.32. The number of rotatable bonds is 4. The summed E-state index contributed by atoms with van der Waals surface area (Å²) >= 11 is 0. The van der Waals surface area contributed by atoms with Crippen molar-refractivity contribution in [1.82, 2.24) is 29.0 Å². The Labute approximate surface area is 188 Å². The maximum absolute atomic E-state index is 12.9. The molecule has 1 fully saturated rings. The number of para-hydroxylation sites is 2. The standard InChI is InChI=1S/C23H24N6O4/c1-15-13-16(2)28(24-15)20-7-8-21(30)29(25-20)17-9-11-26(12-10-17)22(31)14-27-18-5-3-4-6-19(18)33-23(27)32/h3-8,13,17H,9-12,14H2,1-2H3. The average molecular weight is 448 g/mol. The minimum absolute atomic E-state index is 0.0773. The number of aromatic nitrogens is 5. The van der Waals surface area contributed by atoms with Crippen LogP contribution in [0.15, 0.2) is 56.5 Å². The minimum atomic E-state index is -0.545. The minimum Gasteiger partial charge on any atom is -0.408 e. The second kappa shape index (κ2) is 8.19. The van der Waals surface area contributed by atoms with Gasteiger partial charge in [0.15, 0.2) is 11.4 Å². The van der Waals surface area contributed by atoms with Crippen molar-refractivity contribution < 1.29 is 9.21 Å². The summed E-state index contributed by atoms with van der Waals surface area (Å²) in [5.41, 5.74) is 2.70. The number of hydrogen-bond acceptors (Lipinski definition) is 6. The van der Waals surface area contributed by atoms with Crippen molar-refractivity contribution in [3.8, 4) is 5.82 Å². The fourth-order valence-electron chi connectivity index (χ4n) is 4.41. The van der Waals surface area contributed by atoms with Crippen LogP contribution in [0.2, 0.25) is 0 Å². The molecule has 0 spiro atoms. The van der Waals surface area contributed by atoms with E-state index in [1.807, 2.05) is 19.9 Å². The Balaban J connectivity index is 1.30. The number of piperidine rings is 1. The van der Waals surface area contributed by atoms with Gasteiger partial charge in [0.25, 0.3) is 5.56 Å². The average Bonchev–Trinajstić information content (AvgIpc) is 3.32. The summed E-state index contributed by atoms with van der Waals surface area (Å²) < 4.78 is 9.79. The molecule has 170 valence electrons. The van der Waals surface area contributed by atoms with E-state index < -0.39 is 5.76 Å². The SMILES string of the molecule is Cc1cc(C)n(-c2ccc(=O)n(C3CCN(C(=O)Cn4c(=O)oc5ccccc54)CC3)n2)n1. The molecular formula is C23H24N6O4. The number of carbonyl (C=O) groups is 1. The summed E-state index contributed by atoms with van der Waals surface area (Å²) in [5, 5.41) is 9.01. The Morgan fingerprint density at radius 1 is 1.06 bits per heavy atom. The summed E-state index contributed by atoms with van der Waals surface area (Å²) in [4.78, 5) is 39.3. The number of carbonyl (C=O) groups excluding carboxylic acids is 1. The fourth-order valence-corrected chi connectivity index (χ4v) is 4.41. The molecule has 0 N–H and O–H groups in total. The van der Waals surface area contributed by atoms with Crippen LogP contribution in [0.4, 0.5) is 0 Å². The molecule has 0 unspecified atom stereocenters. The molecule has 4 aromatic rings. The molecule has 5 rings (SSSR count). The largest absolute Gasteiger partial charge is 0.420 e. The zero-order chi connectivity index (χ0) is 23.1. The van der Waals surface area contributed by atoms with Gasteiger partial charge in [0, 0.05) is 24.8 Å².